The largest absolute Gasteiger partial charge is 0.497 e. The highest BCUT2D eigenvalue weighted by Gasteiger charge is 2.46. The number of methoxy groups -OCH3 is 1. The van der Waals surface area contributed by atoms with Crippen LogP contribution in [0.15, 0.2) is 122 Å². The Hall–Kier alpha value is -6.31. The molecule has 286 valence electrons. The van der Waals surface area contributed by atoms with Gasteiger partial charge in [-0.1, -0.05) is 53.4 Å². The van der Waals surface area contributed by atoms with Crippen LogP contribution in [0.1, 0.15) is 50.1 Å². The highest BCUT2D eigenvalue weighted by Crippen LogP contribution is 2.51. The van der Waals surface area contributed by atoms with Crippen molar-refractivity contribution >= 4 is 39.7 Å². The maximum atomic E-state index is 13.6. The number of pyridine rings is 1. The van der Waals surface area contributed by atoms with E-state index in [-0.39, 0.29) is 35.0 Å². The molecule has 4 aromatic carbocycles. The normalized spacial score (nSPS) is 19.5. The molecule has 0 aliphatic carbocycles. The van der Waals surface area contributed by atoms with E-state index in [9.17, 15) is 14.4 Å². The molecular weight excluding hydrogens is 741 g/mol. The van der Waals surface area contributed by atoms with Crippen LogP contribution in [0, 0.1) is 11.8 Å². The summed E-state index contributed by atoms with van der Waals surface area (Å²) in [6.07, 6.45) is 5.33. The number of piperidine rings is 1. The molecule has 3 aliphatic rings. The van der Waals surface area contributed by atoms with E-state index in [0.717, 1.165) is 62.9 Å². The predicted octanol–water partition coefficient (Wildman–Crippen LogP) is 8.51. The van der Waals surface area contributed by atoms with Crippen LogP contribution in [0.5, 0.6) is 17.2 Å². The molecule has 3 amide bonds. The number of hydrogen-bond donors (Lipinski definition) is 0. The second-order valence-electron chi connectivity index (χ2n) is 14.3. The minimum atomic E-state index is -0.499. The summed E-state index contributed by atoms with van der Waals surface area (Å²) in [4.78, 5) is 51.8. The molecule has 0 spiro atoms. The summed E-state index contributed by atoms with van der Waals surface area (Å²) in [5.41, 5.74) is 4.72. The first-order chi connectivity index (χ1) is 27.9. The Morgan fingerprint density at radius 2 is 1.61 bits per heavy atom. The number of hydrogen-bond acceptors (Lipinski definition) is 10. The molecule has 0 radical (unpaired) electrons. The van der Waals surface area contributed by atoms with Gasteiger partial charge in [0.2, 0.25) is 0 Å². The van der Waals surface area contributed by atoms with Crippen LogP contribution in [-0.2, 0) is 18.0 Å². The molecule has 0 bridgehead atoms. The zero-order valence-corrected chi connectivity index (χ0v) is 31.9. The van der Waals surface area contributed by atoms with Crippen molar-refractivity contribution in [1.82, 2.24) is 29.9 Å². The van der Waals surface area contributed by atoms with Gasteiger partial charge in [-0.3, -0.25) is 23.9 Å². The van der Waals surface area contributed by atoms with Crippen molar-refractivity contribution in [3.8, 4) is 28.5 Å². The van der Waals surface area contributed by atoms with Crippen molar-refractivity contribution in [3.05, 3.63) is 144 Å². The number of amides is 3. The second-order valence-corrected chi connectivity index (χ2v) is 15.4. The van der Waals surface area contributed by atoms with Gasteiger partial charge < -0.3 is 14.4 Å². The van der Waals surface area contributed by atoms with Crippen LogP contribution in [0.3, 0.4) is 0 Å². The first kappa shape index (κ1) is 36.3. The lowest BCUT2D eigenvalue weighted by Gasteiger charge is -2.39. The Morgan fingerprint density at radius 1 is 0.895 bits per heavy atom. The first-order valence-electron chi connectivity index (χ1n) is 18.8. The molecule has 2 fully saturated rings. The highest BCUT2D eigenvalue weighted by molar-refractivity contribution is 8.14. The monoisotopic (exact) mass is 778 g/mol. The minimum Gasteiger partial charge on any atom is -0.497 e. The number of rotatable bonds is 12. The standard InChI is InChI=1S/C44H38N6O6S/c1-3-27(24-48-25-30(46-47-48)26-55-50-42(51)34-11-7-8-12-35(34)43(50)52)29-19-20-49-40(21-29)41(57-44(49)53)37-23-39(45-38-18-17-33(54-2)22-36(37)38)28-13-15-32(16-14-28)56-31-9-5-4-6-10-31/h3-18,22-23,25,27,29,40-41H,1,19-21,24,26H2,2H3/t27-,29-,40-,41-/m0/s1. The third-order valence-corrected chi connectivity index (χ3v) is 12.2. The van der Waals surface area contributed by atoms with E-state index in [1.54, 1.807) is 42.3 Å². The number of fused-ring (bicyclic) bond motifs is 3. The summed E-state index contributed by atoms with van der Waals surface area (Å²) in [5, 5.41) is 10.3. The van der Waals surface area contributed by atoms with Gasteiger partial charge in [-0.05, 0) is 103 Å². The summed E-state index contributed by atoms with van der Waals surface area (Å²) >= 11 is 1.38. The molecule has 0 unspecified atom stereocenters. The fourth-order valence-corrected chi connectivity index (χ4v) is 9.37. The lowest BCUT2D eigenvalue weighted by atomic mass is 9.79. The van der Waals surface area contributed by atoms with Crippen LogP contribution in [0.4, 0.5) is 4.79 Å². The van der Waals surface area contributed by atoms with Crippen LogP contribution >= 0.6 is 11.8 Å². The number of para-hydroxylation sites is 1. The number of ether oxygens (including phenoxy) is 2. The van der Waals surface area contributed by atoms with Gasteiger partial charge in [0, 0.05) is 30.1 Å². The van der Waals surface area contributed by atoms with E-state index in [0.29, 0.717) is 29.9 Å². The predicted molar refractivity (Wildman–Crippen MR) is 215 cm³/mol. The van der Waals surface area contributed by atoms with Crippen LogP contribution in [-0.4, -0.2) is 66.7 Å². The van der Waals surface area contributed by atoms with E-state index >= 15 is 0 Å². The van der Waals surface area contributed by atoms with Crippen LogP contribution in [0.25, 0.3) is 22.2 Å². The molecule has 4 atom stereocenters. The van der Waals surface area contributed by atoms with E-state index in [2.05, 4.69) is 23.0 Å². The summed E-state index contributed by atoms with van der Waals surface area (Å²) in [5.74, 6) is 1.48. The smallest absolute Gasteiger partial charge is 0.285 e. The number of imide groups is 1. The second kappa shape index (κ2) is 15.3. The summed E-state index contributed by atoms with van der Waals surface area (Å²) in [6, 6.07) is 32.2. The van der Waals surface area contributed by atoms with Crippen molar-refractivity contribution in [1.29, 1.82) is 0 Å². The zero-order chi connectivity index (χ0) is 39.0. The van der Waals surface area contributed by atoms with Gasteiger partial charge in [-0.15, -0.1) is 16.7 Å². The lowest BCUT2D eigenvalue weighted by molar-refractivity contribution is -0.102. The number of carbonyl (C=O) groups is 3. The van der Waals surface area contributed by atoms with Crippen molar-refractivity contribution in [2.75, 3.05) is 13.7 Å². The van der Waals surface area contributed by atoms with Gasteiger partial charge in [-0.2, -0.15) is 0 Å². The average Bonchev–Trinajstić information content (AvgIpc) is 3.92. The Kier molecular flexibility index (Phi) is 9.77. The summed E-state index contributed by atoms with van der Waals surface area (Å²) in [7, 11) is 1.65. The van der Waals surface area contributed by atoms with Gasteiger partial charge in [-0.25, -0.2) is 4.98 Å². The maximum absolute atomic E-state index is 13.6. The van der Waals surface area contributed by atoms with Crippen LogP contribution < -0.4 is 9.47 Å². The van der Waals surface area contributed by atoms with Gasteiger partial charge in [0.1, 0.15) is 29.5 Å². The molecule has 2 aromatic heterocycles. The number of allylic oxidation sites excluding steroid dienone is 1. The topological polar surface area (TPSA) is 129 Å². The van der Waals surface area contributed by atoms with E-state index in [4.69, 9.17) is 19.3 Å². The van der Waals surface area contributed by atoms with E-state index in [1.807, 2.05) is 83.8 Å². The fraction of sp³-hybridized carbons (Fsp3) is 0.227. The molecule has 0 N–H and O–H groups in total. The summed E-state index contributed by atoms with van der Waals surface area (Å²) in [6.45, 7) is 5.26. The van der Waals surface area contributed by atoms with E-state index in [1.165, 1.54) is 11.8 Å². The number of carbonyl (C=O) groups excluding carboxylic acids is 3. The zero-order valence-electron chi connectivity index (χ0n) is 31.1. The Morgan fingerprint density at radius 3 is 2.35 bits per heavy atom. The van der Waals surface area contributed by atoms with Crippen molar-refractivity contribution in [2.45, 2.75) is 37.3 Å². The van der Waals surface area contributed by atoms with Crippen molar-refractivity contribution in [2.24, 2.45) is 11.8 Å². The Labute approximate surface area is 333 Å². The minimum absolute atomic E-state index is 0.0432. The third kappa shape index (κ3) is 7.04. The van der Waals surface area contributed by atoms with Crippen LogP contribution in [0.2, 0.25) is 0 Å². The molecule has 2 saturated heterocycles. The van der Waals surface area contributed by atoms with Gasteiger partial charge in [0.25, 0.3) is 17.1 Å². The van der Waals surface area contributed by atoms with Gasteiger partial charge >= 0.3 is 0 Å². The van der Waals surface area contributed by atoms with Crippen molar-refractivity contribution in [3.63, 3.8) is 0 Å². The van der Waals surface area contributed by atoms with E-state index < -0.39 is 11.8 Å². The van der Waals surface area contributed by atoms with Gasteiger partial charge in [0.05, 0.1) is 40.9 Å². The molecule has 6 aromatic rings. The highest BCUT2D eigenvalue weighted by atomic mass is 32.2. The SMILES string of the molecule is C=C[C@@H](Cn1cc(CON2C(=O)c3ccccc3C2=O)nn1)[C@H]1CCN2C(=O)S[C@@H](c3cc(-c4ccc(Oc5ccccc5)cc4)nc4ccc(OC)cc34)[C@@H]2C1. The molecule has 0 saturated carbocycles. The third-order valence-electron chi connectivity index (χ3n) is 11.0. The summed E-state index contributed by atoms with van der Waals surface area (Å²) < 4.78 is 13.4. The number of benzene rings is 4. The molecular formula is C44H38N6O6S. The molecule has 5 heterocycles. The number of aromatic nitrogens is 4. The molecule has 13 heteroatoms. The Balaban J connectivity index is 0.932. The quantitative estimate of drug-likeness (QED) is 0.0881. The first-order valence-corrected chi connectivity index (χ1v) is 19.7. The molecule has 9 rings (SSSR count). The molecule has 57 heavy (non-hydrogen) atoms. The Bertz CT molecular complexity index is 2470. The number of thioether (sulfide) groups is 1. The molecule has 3 aliphatic heterocycles. The number of nitrogens with zero attached hydrogens (tertiary/aromatic N) is 6. The number of hydroxylamine groups is 2. The fourth-order valence-electron chi connectivity index (χ4n) is 8.05. The average molecular weight is 779 g/mol. The maximum Gasteiger partial charge on any atom is 0.285 e. The van der Waals surface area contributed by atoms with Gasteiger partial charge in [0.15, 0.2) is 0 Å². The van der Waals surface area contributed by atoms with Crippen molar-refractivity contribution < 1.29 is 28.7 Å². The lowest BCUT2D eigenvalue weighted by Crippen LogP contribution is -2.43. The molecule has 12 nitrogen and oxygen atoms in total.